The van der Waals surface area contributed by atoms with Gasteiger partial charge in [0, 0.05) is 31.9 Å². The largest absolute Gasteiger partial charge is 0.381 e. The molecule has 1 saturated carbocycles. The van der Waals surface area contributed by atoms with Crippen LogP contribution in [0.5, 0.6) is 0 Å². The molecule has 116 valence electrons. The lowest BCUT2D eigenvalue weighted by Crippen LogP contribution is -2.21. The van der Waals surface area contributed by atoms with Crippen LogP contribution in [-0.2, 0) is 9.53 Å². The molecule has 0 aromatic heterocycles. The number of carbonyl (C=O) groups excluding carboxylic acids is 1. The SMILES string of the molecule is CC(=O)Nc1cccc(C(C)NCCCOCC2CC2)c1. The number of amides is 1. The Labute approximate surface area is 127 Å². The van der Waals surface area contributed by atoms with Gasteiger partial charge in [0.15, 0.2) is 0 Å². The Kier molecular flexibility index (Phi) is 6.21. The third kappa shape index (κ3) is 6.27. The third-order valence-corrected chi connectivity index (χ3v) is 3.67. The van der Waals surface area contributed by atoms with Gasteiger partial charge in [0.1, 0.15) is 0 Å². The van der Waals surface area contributed by atoms with Crippen LogP contribution in [0.15, 0.2) is 24.3 Å². The molecule has 1 aliphatic rings. The molecule has 1 aromatic carbocycles. The van der Waals surface area contributed by atoms with Crippen LogP contribution in [0, 0.1) is 5.92 Å². The highest BCUT2D eigenvalue weighted by Gasteiger charge is 2.20. The van der Waals surface area contributed by atoms with Crippen LogP contribution in [0.25, 0.3) is 0 Å². The van der Waals surface area contributed by atoms with Crippen LogP contribution < -0.4 is 10.6 Å². The van der Waals surface area contributed by atoms with Crippen molar-refractivity contribution in [3.63, 3.8) is 0 Å². The second kappa shape index (κ2) is 8.15. The number of hydrogen-bond donors (Lipinski definition) is 2. The van der Waals surface area contributed by atoms with Gasteiger partial charge in [-0.1, -0.05) is 12.1 Å². The van der Waals surface area contributed by atoms with Crippen LogP contribution in [0.2, 0.25) is 0 Å². The molecule has 0 aliphatic heterocycles. The maximum Gasteiger partial charge on any atom is 0.221 e. The van der Waals surface area contributed by atoms with E-state index in [0.717, 1.165) is 37.8 Å². The van der Waals surface area contributed by atoms with Gasteiger partial charge in [0.2, 0.25) is 5.91 Å². The molecule has 0 heterocycles. The fraction of sp³-hybridized carbons (Fsp3) is 0.588. The standard InChI is InChI=1S/C17H26N2O2/c1-13(18-9-4-10-21-12-15-7-8-15)16-5-3-6-17(11-16)19-14(2)20/h3,5-6,11,13,15,18H,4,7-10,12H2,1-2H3,(H,19,20). The summed E-state index contributed by atoms with van der Waals surface area (Å²) in [5, 5.41) is 6.30. The molecule has 0 spiro atoms. The van der Waals surface area contributed by atoms with E-state index in [2.05, 4.69) is 23.6 Å². The summed E-state index contributed by atoms with van der Waals surface area (Å²) >= 11 is 0. The molecule has 0 radical (unpaired) electrons. The zero-order valence-electron chi connectivity index (χ0n) is 13.0. The predicted molar refractivity (Wildman–Crippen MR) is 85.3 cm³/mol. The lowest BCUT2D eigenvalue weighted by atomic mass is 10.1. The van der Waals surface area contributed by atoms with E-state index in [-0.39, 0.29) is 11.9 Å². The van der Waals surface area contributed by atoms with E-state index in [9.17, 15) is 4.79 Å². The quantitative estimate of drug-likeness (QED) is 0.687. The molecule has 4 heteroatoms. The van der Waals surface area contributed by atoms with Crippen molar-refractivity contribution in [3.05, 3.63) is 29.8 Å². The van der Waals surface area contributed by atoms with Gasteiger partial charge in [0.05, 0.1) is 0 Å². The third-order valence-electron chi connectivity index (χ3n) is 3.67. The van der Waals surface area contributed by atoms with Gasteiger partial charge in [-0.3, -0.25) is 4.79 Å². The minimum absolute atomic E-state index is 0.0411. The fourth-order valence-corrected chi connectivity index (χ4v) is 2.23. The average Bonchev–Trinajstić information content (AvgIpc) is 3.26. The Morgan fingerprint density at radius 2 is 2.24 bits per heavy atom. The lowest BCUT2D eigenvalue weighted by molar-refractivity contribution is -0.114. The van der Waals surface area contributed by atoms with Gasteiger partial charge in [0.25, 0.3) is 0 Å². The molecule has 1 aromatic rings. The number of nitrogens with one attached hydrogen (secondary N) is 2. The van der Waals surface area contributed by atoms with E-state index >= 15 is 0 Å². The first-order chi connectivity index (χ1) is 10.1. The van der Waals surface area contributed by atoms with Crippen molar-refractivity contribution < 1.29 is 9.53 Å². The van der Waals surface area contributed by atoms with Crippen LogP contribution in [-0.4, -0.2) is 25.7 Å². The molecule has 4 nitrogen and oxygen atoms in total. The van der Waals surface area contributed by atoms with Gasteiger partial charge in [-0.05, 0) is 56.3 Å². The van der Waals surface area contributed by atoms with Crippen molar-refractivity contribution in [2.24, 2.45) is 5.92 Å². The summed E-state index contributed by atoms with van der Waals surface area (Å²) < 4.78 is 5.62. The van der Waals surface area contributed by atoms with E-state index in [1.54, 1.807) is 0 Å². The molecule has 21 heavy (non-hydrogen) atoms. The van der Waals surface area contributed by atoms with Crippen LogP contribution in [0.1, 0.15) is 44.7 Å². The normalized spacial score (nSPS) is 15.7. The molecule has 1 amide bonds. The van der Waals surface area contributed by atoms with Crippen molar-refractivity contribution in [2.45, 2.75) is 39.2 Å². The molecule has 1 aliphatic carbocycles. The predicted octanol–water partition coefficient (Wildman–Crippen LogP) is 3.11. The smallest absolute Gasteiger partial charge is 0.221 e. The summed E-state index contributed by atoms with van der Waals surface area (Å²) in [7, 11) is 0. The van der Waals surface area contributed by atoms with Gasteiger partial charge in [-0.15, -0.1) is 0 Å². The van der Waals surface area contributed by atoms with E-state index in [1.807, 2.05) is 18.2 Å². The Morgan fingerprint density at radius 3 is 2.95 bits per heavy atom. The second-order valence-corrected chi connectivity index (χ2v) is 5.85. The highest BCUT2D eigenvalue weighted by molar-refractivity contribution is 5.88. The highest BCUT2D eigenvalue weighted by atomic mass is 16.5. The molecule has 1 unspecified atom stereocenters. The summed E-state index contributed by atoms with van der Waals surface area (Å²) in [5.41, 5.74) is 2.03. The molecule has 2 N–H and O–H groups in total. The Morgan fingerprint density at radius 1 is 1.43 bits per heavy atom. The summed E-state index contributed by atoms with van der Waals surface area (Å²) in [6.07, 6.45) is 3.72. The van der Waals surface area contributed by atoms with Crippen molar-refractivity contribution in [2.75, 3.05) is 25.1 Å². The highest BCUT2D eigenvalue weighted by Crippen LogP contribution is 2.28. The van der Waals surface area contributed by atoms with Crippen molar-refractivity contribution in [1.29, 1.82) is 0 Å². The minimum Gasteiger partial charge on any atom is -0.381 e. The van der Waals surface area contributed by atoms with E-state index < -0.39 is 0 Å². The molecular formula is C17H26N2O2. The molecule has 0 bridgehead atoms. The molecule has 0 saturated heterocycles. The average molecular weight is 290 g/mol. The number of ether oxygens (including phenoxy) is 1. The minimum atomic E-state index is -0.0411. The summed E-state index contributed by atoms with van der Waals surface area (Å²) in [6, 6.07) is 8.23. The van der Waals surface area contributed by atoms with Gasteiger partial charge in [-0.25, -0.2) is 0 Å². The van der Waals surface area contributed by atoms with Crippen molar-refractivity contribution in [1.82, 2.24) is 5.32 Å². The Bertz CT molecular complexity index is 458. The number of hydrogen-bond acceptors (Lipinski definition) is 3. The number of rotatable bonds is 9. The molecular weight excluding hydrogens is 264 g/mol. The lowest BCUT2D eigenvalue weighted by Gasteiger charge is -2.15. The monoisotopic (exact) mass is 290 g/mol. The van der Waals surface area contributed by atoms with E-state index in [1.165, 1.54) is 25.3 Å². The zero-order chi connectivity index (χ0) is 15.1. The Hall–Kier alpha value is -1.39. The summed E-state index contributed by atoms with van der Waals surface area (Å²) in [5.74, 6) is 0.800. The Balaban J connectivity index is 1.66. The summed E-state index contributed by atoms with van der Waals surface area (Å²) in [4.78, 5) is 11.1. The first kappa shape index (κ1) is 16.0. The molecule has 1 atom stereocenters. The molecule has 1 fully saturated rings. The first-order valence-corrected chi connectivity index (χ1v) is 7.84. The number of carbonyl (C=O) groups is 1. The van der Waals surface area contributed by atoms with Crippen LogP contribution in [0.4, 0.5) is 5.69 Å². The second-order valence-electron chi connectivity index (χ2n) is 5.85. The van der Waals surface area contributed by atoms with Crippen molar-refractivity contribution in [3.8, 4) is 0 Å². The first-order valence-electron chi connectivity index (χ1n) is 7.84. The number of benzene rings is 1. The van der Waals surface area contributed by atoms with Crippen molar-refractivity contribution >= 4 is 11.6 Å². The van der Waals surface area contributed by atoms with Gasteiger partial charge in [-0.2, -0.15) is 0 Å². The maximum atomic E-state index is 11.1. The summed E-state index contributed by atoms with van der Waals surface area (Å²) in [6.45, 7) is 6.38. The van der Waals surface area contributed by atoms with Gasteiger partial charge < -0.3 is 15.4 Å². The van der Waals surface area contributed by atoms with E-state index in [0.29, 0.717) is 0 Å². The van der Waals surface area contributed by atoms with Gasteiger partial charge >= 0.3 is 0 Å². The molecule has 2 rings (SSSR count). The van der Waals surface area contributed by atoms with E-state index in [4.69, 9.17) is 4.74 Å². The zero-order valence-corrected chi connectivity index (χ0v) is 13.0. The number of anilines is 1. The van der Waals surface area contributed by atoms with Crippen LogP contribution >= 0.6 is 0 Å². The van der Waals surface area contributed by atoms with Crippen LogP contribution in [0.3, 0.4) is 0 Å². The topological polar surface area (TPSA) is 50.4 Å². The maximum absolute atomic E-state index is 11.1. The fourth-order valence-electron chi connectivity index (χ4n) is 2.23.